The van der Waals surface area contributed by atoms with Crippen LogP contribution in [-0.4, -0.2) is 14.9 Å². The minimum atomic E-state index is 0.226. The van der Waals surface area contributed by atoms with E-state index in [-0.39, 0.29) is 6.04 Å². The van der Waals surface area contributed by atoms with Crippen molar-refractivity contribution in [2.24, 2.45) is 0 Å². The molecule has 2 heterocycles. The maximum absolute atomic E-state index is 5.20. The van der Waals surface area contributed by atoms with Gasteiger partial charge in [0, 0.05) is 30.5 Å². The number of hydrogen-bond acceptors (Lipinski definition) is 4. The van der Waals surface area contributed by atoms with Crippen molar-refractivity contribution >= 4 is 0 Å². The number of aromatic nitrogens is 3. The SMILES string of the molecule is Cc1noc(C)c1CN[C@@H](C)c1cccc(-n2cccn2)c1. The third-order valence-electron chi connectivity index (χ3n) is 3.91. The summed E-state index contributed by atoms with van der Waals surface area (Å²) in [5.74, 6) is 0.877. The zero-order chi connectivity index (χ0) is 15.5. The van der Waals surface area contributed by atoms with E-state index in [4.69, 9.17) is 4.52 Å². The molecule has 3 aromatic rings. The molecule has 0 radical (unpaired) electrons. The lowest BCUT2D eigenvalue weighted by atomic mass is 10.1. The molecule has 5 heteroatoms. The van der Waals surface area contributed by atoms with Crippen LogP contribution >= 0.6 is 0 Å². The average Bonchev–Trinajstić information content (AvgIpc) is 3.16. The van der Waals surface area contributed by atoms with Gasteiger partial charge in [-0.25, -0.2) is 4.68 Å². The van der Waals surface area contributed by atoms with E-state index in [1.54, 1.807) is 6.20 Å². The molecule has 114 valence electrons. The van der Waals surface area contributed by atoms with Gasteiger partial charge in [-0.3, -0.25) is 0 Å². The molecule has 0 unspecified atom stereocenters. The number of hydrogen-bond donors (Lipinski definition) is 1. The summed E-state index contributed by atoms with van der Waals surface area (Å²) in [5, 5.41) is 11.8. The molecular weight excluding hydrogens is 276 g/mol. The van der Waals surface area contributed by atoms with Gasteiger partial charge in [0.05, 0.1) is 11.4 Å². The van der Waals surface area contributed by atoms with Crippen molar-refractivity contribution in [3.8, 4) is 5.69 Å². The predicted molar refractivity (Wildman–Crippen MR) is 84.8 cm³/mol. The Morgan fingerprint density at radius 1 is 1.27 bits per heavy atom. The van der Waals surface area contributed by atoms with Crippen LogP contribution in [0.25, 0.3) is 5.69 Å². The third-order valence-corrected chi connectivity index (χ3v) is 3.91. The van der Waals surface area contributed by atoms with E-state index in [1.165, 1.54) is 5.56 Å². The van der Waals surface area contributed by atoms with Gasteiger partial charge < -0.3 is 9.84 Å². The molecule has 0 aliphatic carbocycles. The van der Waals surface area contributed by atoms with Gasteiger partial charge in [-0.05, 0) is 44.5 Å². The van der Waals surface area contributed by atoms with Crippen LogP contribution in [0, 0.1) is 13.8 Å². The van der Waals surface area contributed by atoms with Crippen molar-refractivity contribution in [3.63, 3.8) is 0 Å². The summed E-state index contributed by atoms with van der Waals surface area (Å²) in [4.78, 5) is 0. The number of nitrogens with zero attached hydrogens (tertiary/aromatic N) is 3. The van der Waals surface area contributed by atoms with Gasteiger partial charge in [0.15, 0.2) is 0 Å². The molecule has 0 fully saturated rings. The van der Waals surface area contributed by atoms with E-state index >= 15 is 0 Å². The molecule has 0 spiro atoms. The maximum atomic E-state index is 5.20. The van der Waals surface area contributed by atoms with E-state index < -0.39 is 0 Å². The Labute approximate surface area is 129 Å². The highest BCUT2D eigenvalue weighted by Gasteiger charge is 2.11. The van der Waals surface area contributed by atoms with E-state index in [0.717, 1.165) is 29.2 Å². The molecule has 1 atom stereocenters. The molecule has 5 nitrogen and oxygen atoms in total. The molecule has 0 saturated heterocycles. The maximum Gasteiger partial charge on any atom is 0.138 e. The predicted octanol–water partition coefficient (Wildman–Crippen LogP) is 3.33. The Morgan fingerprint density at radius 3 is 2.82 bits per heavy atom. The van der Waals surface area contributed by atoms with Crippen molar-refractivity contribution in [2.45, 2.75) is 33.4 Å². The first kappa shape index (κ1) is 14.5. The van der Waals surface area contributed by atoms with Crippen molar-refractivity contribution < 1.29 is 4.52 Å². The fraction of sp³-hybridized carbons (Fsp3) is 0.294. The van der Waals surface area contributed by atoms with Crippen LogP contribution in [0.15, 0.2) is 47.2 Å². The highest BCUT2D eigenvalue weighted by atomic mass is 16.5. The first-order valence-electron chi connectivity index (χ1n) is 7.40. The van der Waals surface area contributed by atoms with Gasteiger partial charge in [0.1, 0.15) is 5.76 Å². The molecule has 2 aromatic heterocycles. The van der Waals surface area contributed by atoms with Crippen LogP contribution in [0.4, 0.5) is 0 Å². The number of benzene rings is 1. The normalized spacial score (nSPS) is 12.5. The zero-order valence-electron chi connectivity index (χ0n) is 13.1. The smallest absolute Gasteiger partial charge is 0.138 e. The van der Waals surface area contributed by atoms with Crippen LogP contribution in [0.5, 0.6) is 0 Å². The number of nitrogens with one attached hydrogen (secondary N) is 1. The third kappa shape index (κ3) is 2.94. The minimum absolute atomic E-state index is 0.226. The van der Waals surface area contributed by atoms with Crippen LogP contribution in [0.3, 0.4) is 0 Å². The summed E-state index contributed by atoms with van der Waals surface area (Å²) in [5.41, 5.74) is 4.37. The molecule has 1 aromatic carbocycles. The monoisotopic (exact) mass is 296 g/mol. The van der Waals surface area contributed by atoms with Crippen molar-refractivity contribution in [1.29, 1.82) is 0 Å². The minimum Gasteiger partial charge on any atom is -0.361 e. The number of rotatable bonds is 5. The van der Waals surface area contributed by atoms with E-state index in [9.17, 15) is 0 Å². The van der Waals surface area contributed by atoms with E-state index in [2.05, 4.69) is 46.8 Å². The summed E-state index contributed by atoms with van der Waals surface area (Å²) in [6, 6.07) is 10.5. The molecule has 22 heavy (non-hydrogen) atoms. The molecular formula is C17H20N4O. The Morgan fingerprint density at radius 2 is 2.14 bits per heavy atom. The van der Waals surface area contributed by atoms with Crippen LogP contribution in [0.1, 0.15) is 35.5 Å². The summed E-state index contributed by atoms with van der Waals surface area (Å²) >= 11 is 0. The first-order valence-corrected chi connectivity index (χ1v) is 7.40. The van der Waals surface area contributed by atoms with Gasteiger partial charge in [0.2, 0.25) is 0 Å². The average molecular weight is 296 g/mol. The zero-order valence-corrected chi connectivity index (χ0v) is 13.1. The van der Waals surface area contributed by atoms with Crippen LogP contribution in [0.2, 0.25) is 0 Å². The van der Waals surface area contributed by atoms with Gasteiger partial charge in [-0.15, -0.1) is 0 Å². The van der Waals surface area contributed by atoms with E-state index in [0.29, 0.717) is 0 Å². The summed E-state index contributed by atoms with van der Waals surface area (Å²) < 4.78 is 7.07. The molecule has 0 saturated carbocycles. The molecule has 3 rings (SSSR count). The molecule has 0 amide bonds. The Balaban J connectivity index is 1.73. The van der Waals surface area contributed by atoms with Crippen LogP contribution in [-0.2, 0) is 6.54 Å². The molecule has 0 aliphatic heterocycles. The van der Waals surface area contributed by atoms with Gasteiger partial charge in [-0.2, -0.15) is 5.10 Å². The van der Waals surface area contributed by atoms with E-state index in [1.807, 2.05) is 30.8 Å². The second-order valence-corrected chi connectivity index (χ2v) is 5.45. The Kier molecular flexibility index (Phi) is 4.06. The van der Waals surface area contributed by atoms with Gasteiger partial charge in [-0.1, -0.05) is 17.3 Å². The highest BCUT2D eigenvalue weighted by Crippen LogP contribution is 2.18. The second kappa shape index (κ2) is 6.15. The lowest BCUT2D eigenvalue weighted by Crippen LogP contribution is -2.19. The lowest BCUT2D eigenvalue weighted by molar-refractivity contribution is 0.391. The van der Waals surface area contributed by atoms with Crippen molar-refractivity contribution in [3.05, 3.63) is 65.3 Å². The van der Waals surface area contributed by atoms with Crippen LogP contribution < -0.4 is 5.32 Å². The Hall–Kier alpha value is -2.40. The summed E-state index contributed by atoms with van der Waals surface area (Å²) in [6.45, 7) is 6.81. The lowest BCUT2D eigenvalue weighted by Gasteiger charge is -2.15. The van der Waals surface area contributed by atoms with Crippen molar-refractivity contribution in [1.82, 2.24) is 20.3 Å². The fourth-order valence-corrected chi connectivity index (χ4v) is 2.49. The number of aryl methyl sites for hydroxylation is 2. The second-order valence-electron chi connectivity index (χ2n) is 5.45. The fourth-order valence-electron chi connectivity index (χ4n) is 2.49. The first-order chi connectivity index (χ1) is 10.6. The quantitative estimate of drug-likeness (QED) is 0.784. The van der Waals surface area contributed by atoms with Gasteiger partial charge in [0.25, 0.3) is 0 Å². The van der Waals surface area contributed by atoms with Crippen molar-refractivity contribution in [2.75, 3.05) is 0 Å². The largest absolute Gasteiger partial charge is 0.361 e. The Bertz CT molecular complexity index is 726. The molecule has 0 bridgehead atoms. The highest BCUT2D eigenvalue weighted by molar-refractivity contribution is 5.36. The topological polar surface area (TPSA) is 55.9 Å². The van der Waals surface area contributed by atoms with Gasteiger partial charge >= 0.3 is 0 Å². The summed E-state index contributed by atoms with van der Waals surface area (Å²) in [7, 11) is 0. The summed E-state index contributed by atoms with van der Waals surface area (Å²) in [6.07, 6.45) is 3.73. The molecule has 1 N–H and O–H groups in total. The standard InChI is InChI=1S/C17H20N4O/c1-12(18-11-17-13(2)20-22-14(17)3)15-6-4-7-16(10-15)21-9-5-8-19-21/h4-10,12,18H,11H2,1-3H3/t12-/m0/s1. The molecule has 0 aliphatic rings.